The fraction of sp³-hybridized carbons (Fsp3) is 0.296. The van der Waals surface area contributed by atoms with Gasteiger partial charge in [0.25, 0.3) is 20.0 Å². The Balaban J connectivity index is 1.68. The standard InChI is InChI=1S/C27H30N2O6S2/c1-27(2)18-23(28(21-27)26(30)35-20-22-12-6-3-7-13-22)19-29(36(31,32)24-14-8-4-9-15-24)37(33,34)25-16-10-5-11-17-25/h3-17,23H,18-21H2,1-2H3. The third-order valence-corrected chi connectivity index (χ3v) is 10.5. The molecule has 3 aromatic rings. The molecule has 4 rings (SSSR count). The van der Waals surface area contributed by atoms with Gasteiger partial charge in [-0.3, -0.25) is 0 Å². The van der Waals surface area contributed by atoms with E-state index in [2.05, 4.69) is 0 Å². The minimum absolute atomic E-state index is 0.0532. The SMILES string of the molecule is CC1(C)CC(CN(S(=O)(=O)c2ccccc2)S(=O)(=O)c2ccccc2)N(C(=O)OCc2ccccc2)C1. The number of amides is 1. The Kier molecular flexibility index (Phi) is 7.72. The highest BCUT2D eigenvalue weighted by molar-refractivity contribution is 8.04. The lowest BCUT2D eigenvalue weighted by Gasteiger charge is -2.29. The minimum Gasteiger partial charge on any atom is -0.445 e. The highest BCUT2D eigenvalue weighted by Gasteiger charge is 2.46. The number of likely N-dealkylation sites (tertiary alicyclic amines) is 1. The molecule has 0 radical (unpaired) electrons. The summed E-state index contributed by atoms with van der Waals surface area (Å²) in [5.41, 5.74) is 0.445. The van der Waals surface area contributed by atoms with Gasteiger partial charge in [-0.2, -0.15) is 0 Å². The lowest BCUT2D eigenvalue weighted by molar-refractivity contribution is 0.0888. The lowest BCUT2D eigenvalue weighted by atomic mass is 9.91. The van der Waals surface area contributed by atoms with Gasteiger partial charge in [0, 0.05) is 6.54 Å². The number of hydrogen-bond acceptors (Lipinski definition) is 6. The van der Waals surface area contributed by atoms with Crippen LogP contribution in [0.2, 0.25) is 0 Å². The molecule has 10 heteroatoms. The predicted molar refractivity (Wildman–Crippen MR) is 139 cm³/mol. The second kappa shape index (κ2) is 10.6. The number of hydrogen-bond donors (Lipinski definition) is 0. The zero-order valence-corrected chi connectivity index (χ0v) is 22.4. The summed E-state index contributed by atoms with van der Waals surface area (Å²) >= 11 is 0. The van der Waals surface area contributed by atoms with Gasteiger partial charge in [0.1, 0.15) is 6.61 Å². The molecule has 0 bridgehead atoms. The summed E-state index contributed by atoms with van der Waals surface area (Å²) in [7, 11) is -8.94. The van der Waals surface area contributed by atoms with E-state index in [1.807, 2.05) is 44.2 Å². The molecule has 0 aliphatic carbocycles. The van der Waals surface area contributed by atoms with Crippen molar-refractivity contribution in [2.24, 2.45) is 5.41 Å². The molecule has 1 saturated heterocycles. The van der Waals surface area contributed by atoms with Gasteiger partial charge >= 0.3 is 6.09 Å². The van der Waals surface area contributed by atoms with Crippen LogP contribution in [0.4, 0.5) is 4.79 Å². The predicted octanol–water partition coefficient (Wildman–Crippen LogP) is 4.50. The van der Waals surface area contributed by atoms with Crippen LogP contribution in [0.15, 0.2) is 101 Å². The molecule has 8 nitrogen and oxygen atoms in total. The number of carbonyl (C=O) groups excluding carboxylic acids is 1. The van der Waals surface area contributed by atoms with Gasteiger partial charge in [-0.1, -0.05) is 84.3 Å². The molecule has 1 amide bonds. The van der Waals surface area contributed by atoms with Gasteiger partial charge in [-0.25, -0.2) is 21.6 Å². The molecule has 1 unspecified atom stereocenters. The molecule has 1 aliphatic heterocycles. The van der Waals surface area contributed by atoms with E-state index in [9.17, 15) is 21.6 Å². The Morgan fingerprint density at radius 1 is 0.838 bits per heavy atom. The van der Waals surface area contributed by atoms with Crippen molar-refractivity contribution in [1.82, 2.24) is 8.61 Å². The first-order valence-corrected chi connectivity index (χ1v) is 14.7. The van der Waals surface area contributed by atoms with Gasteiger partial charge in [0.15, 0.2) is 0 Å². The fourth-order valence-corrected chi connectivity index (χ4v) is 8.26. The van der Waals surface area contributed by atoms with E-state index < -0.39 is 38.7 Å². The van der Waals surface area contributed by atoms with E-state index in [0.717, 1.165) is 5.56 Å². The van der Waals surface area contributed by atoms with Gasteiger partial charge in [0.05, 0.1) is 22.4 Å². The number of ether oxygens (including phenoxy) is 1. The van der Waals surface area contributed by atoms with E-state index in [-0.39, 0.29) is 21.8 Å². The maximum absolute atomic E-state index is 13.7. The van der Waals surface area contributed by atoms with Gasteiger partial charge < -0.3 is 9.64 Å². The Morgan fingerprint density at radius 2 is 1.30 bits per heavy atom. The normalized spacial score (nSPS) is 17.6. The van der Waals surface area contributed by atoms with Crippen LogP contribution >= 0.6 is 0 Å². The molecule has 196 valence electrons. The Morgan fingerprint density at radius 3 is 1.78 bits per heavy atom. The van der Waals surface area contributed by atoms with Crippen LogP contribution in [0.3, 0.4) is 0 Å². The molecule has 0 saturated carbocycles. The van der Waals surface area contributed by atoms with Gasteiger partial charge in [0.2, 0.25) is 0 Å². The van der Waals surface area contributed by atoms with Crippen molar-refractivity contribution in [2.45, 2.75) is 42.7 Å². The summed E-state index contributed by atoms with van der Waals surface area (Å²) in [5.74, 6) is 0. The van der Waals surface area contributed by atoms with Crippen LogP contribution in [0.1, 0.15) is 25.8 Å². The third-order valence-electron chi connectivity index (χ3n) is 6.25. The smallest absolute Gasteiger partial charge is 0.410 e. The summed E-state index contributed by atoms with van der Waals surface area (Å²) in [4.78, 5) is 14.3. The highest BCUT2D eigenvalue weighted by atomic mass is 32.3. The molecule has 1 atom stereocenters. The molecule has 1 aliphatic rings. The average Bonchev–Trinajstić information content (AvgIpc) is 3.21. The van der Waals surface area contributed by atoms with Crippen LogP contribution < -0.4 is 0 Å². The third kappa shape index (κ3) is 6.03. The molecule has 0 N–H and O–H groups in total. The Bertz CT molecular complexity index is 1360. The van der Waals surface area contributed by atoms with Crippen molar-refractivity contribution in [3.8, 4) is 0 Å². The molecule has 1 heterocycles. The monoisotopic (exact) mass is 542 g/mol. The molecule has 0 spiro atoms. The van der Waals surface area contributed by atoms with Crippen molar-refractivity contribution in [3.05, 3.63) is 96.6 Å². The highest BCUT2D eigenvalue weighted by Crippen LogP contribution is 2.36. The lowest BCUT2D eigenvalue weighted by Crippen LogP contribution is -2.47. The van der Waals surface area contributed by atoms with Crippen LogP contribution in [0.5, 0.6) is 0 Å². The Hall–Kier alpha value is -3.21. The summed E-state index contributed by atoms with van der Waals surface area (Å²) in [5, 5.41) is 0. The van der Waals surface area contributed by atoms with E-state index in [1.165, 1.54) is 53.4 Å². The van der Waals surface area contributed by atoms with E-state index in [4.69, 9.17) is 4.74 Å². The fourth-order valence-electron chi connectivity index (χ4n) is 4.50. The number of nitrogens with zero attached hydrogens (tertiary/aromatic N) is 2. The van der Waals surface area contributed by atoms with E-state index >= 15 is 0 Å². The second-order valence-electron chi connectivity index (χ2n) is 9.78. The zero-order chi connectivity index (χ0) is 26.7. The molecular formula is C27H30N2O6S2. The number of sulfonamides is 2. The first-order valence-electron chi connectivity index (χ1n) is 11.9. The van der Waals surface area contributed by atoms with Crippen LogP contribution in [-0.4, -0.2) is 50.7 Å². The first-order chi connectivity index (χ1) is 17.5. The van der Waals surface area contributed by atoms with E-state index in [0.29, 0.717) is 16.7 Å². The average molecular weight is 543 g/mol. The number of benzene rings is 3. The number of carbonyl (C=O) groups is 1. The molecular weight excluding hydrogens is 512 g/mol. The van der Waals surface area contributed by atoms with Crippen molar-refractivity contribution < 1.29 is 26.4 Å². The molecule has 0 aromatic heterocycles. The van der Waals surface area contributed by atoms with Gasteiger partial charge in [-0.15, -0.1) is 0 Å². The van der Waals surface area contributed by atoms with Crippen LogP contribution in [0, 0.1) is 5.41 Å². The first kappa shape index (κ1) is 26.8. The second-order valence-corrected chi connectivity index (χ2v) is 13.7. The molecule has 1 fully saturated rings. The largest absolute Gasteiger partial charge is 0.445 e. The minimum atomic E-state index is -4.47. The summed E-state index contributed by atoms with van der Waals surface area (Å²) in [6.45, 7) is 3.82. The topological polar surface area (TPSA) is 101 Å². The maximum atomic E-state index is 13.7. The number of rotatable bonds is 8. The van der Waals surface area contributed by atoms with Crippen LogP contribution in [0.25, 0.3) is 0 Å². The summed E-state index contributed by atoms with van der Waals surface area (Å²) in [6.07, 6.45) is -0.216. The van der Waals surface area contributed by atoms with Crippen molar-refractivity contribution in [2.75, 3.05) is 13.1 Å². The Labute approximate surface area is 218 Å². The van der Waals surface area contributed by atoms with Crippen molar-refractivity contribution >= 4 is 26.1 Å². The quantitative estimate of drug-likeness (QED) is 0.415. The van der Waals surface area contributed by atoms with E-state index in [1.54, 1.807) is 12.1 Å². The maximum Gasteiger partial charge on any atom is 0.410 e. The van der Waals surface area contributed by atoms with Crippen molar-refractivity contribution in [1.29, 1.82) is 0 Å². The molecule has 3 aromatic carbocycles. The molecule has 37 heavy (non-hydrogen) atoms. The van der Waals surface area contributed by atoms with Crippen molar-refractivity contribution in [3.63, 3.8) is 0 Å². The summed E-state index contributed by atoms with van der Waals surface area (Å²) < 4.78 is 60.9. The van der Waals surface area contributed by atoms with Crippen LogP contribution in [-0.2, 0) is 31.4 Å². The summed E-state index contributed by atoms with van der Waals surface area (Å²) in [6, 6.07) is 23.3. The van der Waals surface area contributed by atoms with Gasteiger partial charge in [-0.05, 0) is 41.7 Å². The zero-order valence-electron chi connectivity index (χ0n) is 20.7.